The molecule has 0 aromatic heterocycles. The van der Waals surface area contributed by atoms with Gasteiger partial charge in [0.1, 0.15) is 0 Å². The maximum Gasteiger partial charge on any atom is 0.239 e. The Bertz CT molecular complexity index is 176. The first kappa shape index (κ1) is 13.8. The second kappa shape index (κ2) is 7.12. The summed E-state index contributed by atoms with van der Waals surface area (Å²) in [4.78, 5) is 13.5. The van der Waals surface area contributed by atoms with Crippen molar-refractivity contribution < 1.29 is 4.79 Å². The Morgan fingerprint density at radius 2 is 2.00 bits per heavy atom. The van der Waals surface area contributed by atoms with Gasteiger partial charge in [0.25, 0.3) is 0 Å². The molecule has 0 aromatic carbocycles. The van der Waals surface area contributed by atoms with Gasteiger partial charge in [-0.3, -0.25) is 4.79 Å². The fourth-order valence-corrected chi connectivity index (χ4v) is 2.16. The standard InChI is InChI=1S/C10H22N2OS/c1-5-8(7-14-4)12(3)10(13)9(11)6-2/h8-9H,5-7,11H2,1-4H3/t8?,9-/m1/s1. The number of carbonyl (C=O) groups is 1. The molecule has 14 heavy (non-hydrogen) atoms. The molecule has 0 heterocycles. The monoisotopic (exact) mass is 218 g/mol. The van der Waals surface area contributed by atoms with Gasteiger partial charge in [0.05, 0.1) is 6.04 Å². The summed E-state index contributed by atoms with van der Waals surface area (Å²) < 4.78 is 0. The third-order valence-corrected chi connectivity index (χ3v) is 3.20. The van der Waals surface area contributed by atoms with Gasteiger partial charge in [-0.1, -0.05) is 13.8 Å². The van der Waals surface area contributed by atoms with Gasteiger partial charge in [0.2, 0.25) is 5.91 Å². The predicted molar refractivity (Wildman–Crippen MR) is 63.5 cm³/mol. The molecule has 84 valence electrons. The van der Waals surface area contributed by atoms with E-state index < -0.39 is 0 Å². The van der Waals surface area contributed by atoms with Crippen LogP contribution in [-0.2, 0) is 4.79 Å². The molecule has 0 aliphatic heterocycles. The zero-order chi connectivity index (χ0) is 11.1. The molecule has 1 amide bonds. The fraction of sp³-hybridized carbons (Fsp3) is 0.900. The second-order valence-corrected chi connectivity index (χ2v) is 4.39. The van der Waals surface area contributed by atoms with Crippen molar-refractivity contribution in [2.45, 2.75) is 38.8 Å². The molecule has 0 radical (unpaired) electrons. The highest BCUT2D eigenvalue weighted by Crippen LogP contribution is 2.09. The highest BCUT2D eigenvalue weighted by Gasteiger charge is 2.21. The lowest BCUT2D eigenvalue weighted by Crippen LogP contribution is -2.47. The van der Waals surface area contributed by atoms with Crippen LogP contribution in [0.25, 0.3) is 0 Å². The van der Waals surface area contributed by atoms with Crippen molar-refractivity contribution in [3.63, 3.8) is 0 Å². The minimum atomic E-state index is -0.337. The van der Waals surface area contributed by atoms with E-state index in [0.29, 0.717) is 12.5 Å². The molecular weight excluding hydrogens is 196 g/mol. The molecule has 0 rings (SSSR count). The fourth-order valence-electron chi connectivity index (χ4n) is 1.31. The molecule has 0 aliphatic carbocycles. The highest BCUT2D eigenvalue weighted by molar-refractivity contribution is 7.98. The third kappa shape index (κ3) is 3.88. The zero-order valence-electron chi connectivity index (χ0n) is 9.62. The molecule has 0 bridgehead atoms. The summed E-state index contributed by atoms with van der Waals surface area (Å²) >= 11 is 1.76. The lowest BCUT2D eigenvalue weighted by molar-refractivity contribution is -0.133. The van der Waals surface area contributed by atoms with Crippen molar-refractivity contribution >= 4 is 17.7 Å². The second-order valence-electron chi connectivity index (χ2n) is 3.48. The van der Waals surface area contributed by atoms with Gasteiger partial charge in [-0.05, 0) is 19.1 Å². The Balaban J connectivity index is 4.25. The SMILES string of the molecule is CCC(CSC)N(C)C(=O)[C@H](N)CC. The van der Waals surface area contributed by atoms with E-state index in [1.807, 2.05) is 14.0 Å². The van der Waals surface area contributed by atoms with Crippen LogP contribution in [0.15, 0.2) is 0 Å². The summed E-state index contributed by atoms with van der Waals surface area (Å²) in [6.45, 7) is 4.04. The van der Waals surface area contributed by atoms with Crippen LogP contribution < -0.4 is 5.73 Å². The summed E-state index contributed by atoms with van der Waals surface area (Å²) in [5, 5.41) is 0. The Hall–Kier alpha value is -0.220. The lowest BCUT2D eigenvalue weighted by Gasteiger charge is -2.28. The molecular formula is C10H22N2OS. The third-order valence-electron chi connectivity index (χ3n) is 2.48. The van der Waals surface area contributed by atoms with Crippen molar-refractivity contribution in [1.29, 1.82) is 0 Å². The minimum Gasteiger partial charge on any atom is -0.341 e. The van der Waals surface area contributed by atoms with Gasteiger partial charge in [-0.15, -0.1) is 0 Å². The maximum atomic E-state index is 11.7. The average molecular weight is 218 g/mol. The molecule has 4 heteroatoms. The number of amides is 1. The summed E-state index contributed by atoms with van der Waals surface area (Å²) in [7, 11) is 1.85. The zero-order valence-corrected chi connectivity index (χ0v) is 10.4. The molecule has 0 saturated carbocycles. The van der Waals surface area contributed by atoms with Crippen LogP contribution in [0, 0.1) is 0 Å². The van der Waals surface area contributed by atoms with Gasteiger partial charge >= 0.3 is 0 Å². The number of carbonyl (C=O) groups excluding carboxylic acids is 1. The molecule has 3 nitrogen and oxygen atoms in total. The molecule has 0 saturated heterocycles. The van der Waals surface area contributed by atoms with E-state index in [1.54, 1.807) is 16.7 Å². The Morgan fingerprint density at radius 1 is 1.43 bits per heavy atom. The highest BCUT2D eigenvalue weighted by atomic mass is 32.2. The largest absolute Gasteiger partial charge is 0.341 e. The minimum absolute atomic E-state index is 0.0633. The van der Waals surface area contributed by atoms with E-state index in [9.17, 15) is 4.79 Å². The number of thioether (sulfide) groups is 1. The topological polar surface area (TPSA) is 46.3 Å². The summed E-state index contributed by atoms with van der Waals surface area (Å²) in [5.41, 5.74) is 5.71. The van der Waals surface area contributed by atoms with Crippen molar-refractivity contribution in [3.05, 3.63) is 0 Å². The number of likely N-dealkylation sites (N-methyl/N-ethyl adjacent to an activating group) is 1. The van der Waals surface area contributed by atoms with Crippen LogP contribution >= 0.6 is 11.8 Å². The van der Waals surface area contributed by atoms with E-state index in [4.69, 9.17) is 5.73 Å². The normalized spacial score (nSPS) is 14.9. The Morgan fingerprint density at radius 3 is 2.36 bits per heavy atom. The van der Waals surface area contributed by atoms with Crippen molar-refractivity contribution in [2.75, 3.05) is 19.1 Å². The molecule has 2 atom stereocenters. The first-order valence-corrected chi connectivity index (χ1v) is 6.48. The Kier molecular flexibility index (Phi) is 7.01. The predicted octanol–water partition coefficient (Wildman–Crippen LogP) is 1.32. The van der Waals surface area contributed by atoms with Crippen LogP contribution in [0.2, 0.25) is 0 Å². The lowest BCUT2D eigenvalue weighted by atomic mass is 10.1. The van der Waals surface area contributed by atoms with Crippen LogP contribution in [0.1, 0.15) is 26.7 Å². The molecule has 1 unspecified atom stereocenters. The van der Waals surface area contributed by atoms with Crippen LogP contribution in [-0.4, -0.2) is 41.9 Å². The van der Waals surface area contributed by atoms with Gasteiger partial charge in [0, 0.05) is 18.8 Å². The summed E-state index contributed by atoms with van der Waals surface area (Å²) in [6.07, 6.45) is 3.75. The van der Waals surface area contributed by atoms with Gasteiger partial charge in [-0.2, -0.15) is 11.8 Å². The van der Waals surface area contributed by atoms with Crippen LogP contribution in [0.4, 0.5) is 0 Å². The number of hydrogen-bond acceptors (Lipinski definition) is 3. The molecule has 0 fully saturated rings. The van der Waals surface area contributed by atoms with Gasteiger partial charge < -0.3 is 10.6 Å². The average Bonchev–Trinajstić information content (AvgIpc) is 2.22. The number of rotatable bonds is 6. The molecule has 0 aromatic rings. The summed E-state index contributed by atoms with van der Waals surface area (Å²) in [5.74, 6) is 1.04. The van der Waals surface area contributed by atoms with Crippen LogP contribution in [0.5, 0.6) is 0 Å². The number of nitrogens with two attached hydrogens (primary N) is 1. The number of nitrogens with zero attached hydrogens (tertiary/aromatic N) is 1. The van der Waals surface area contributed by atoms with E-state index >= 15 is 0 Å². The smallest absolute Gasteiger partial charge is 0.239 e. The van der Waals surface area contributed by atoms with E-state index in [-0.39, 0.29) is 11.9 Å². The number of hydrogen-bond donors (Lipinski definition) is 1. The van der Waals surface area contributed by atoms with Crippen molar-refractivity contribution in [2.24, 2.45) is 5.73 Å². The first-order valence-electron chi connectivity index (χ1n) is 5.09. The molecule has 0 spiro atoms. The first-order chi connectivity index (χ1) is 6.58. The molecule has 0 aliphatic rings. The quantitative estimate of drug-likeness (QED) is 0.731. The van der Waals surface area contributed by atoms with E-state index in [2.05, 4.69) is 13.2 Å². The molecule has 2 N–H and O–H groups in total. The maximum absolute atomic E-state index is 11.7. The van der Waals surface area contributed by atoms with E-state index in [1.165, 1.54) is 0 Å². The van der Waals surface area contributed by atoms with E-state index in [0.717, 1.165) is 12.2 Å². The Labute approximate surface area is 91.4 Å². The van der Waals surface area contributed by atoms with Crippen LogP contribution in [0.3, 0.4) is 0 Å². The van der Waals surface area contributed by atoms with Crippen molar-refractivity contribution in [3.8, 4) is 0 Å². The van der Waals surface area contributed by atoms with Crippen molar-refractivity contribution in [1.82, 2.24) is 4.90 Å². The van der Waals surface area contributed by atoms with Gasteiger partial charge in [0.15, 0.2) is 0 Å². The van der Waals surface area contributed by atoms with Gasteiger partial charge in [-0.25, -0.2) is 0 Å². The summed E-state index contributed by atoms with van der Waals surface area (Å²) in [6, 6.07) is -0.0222.